The third-order valence-electron chi connectivity index (χ3n) is 5.18. The van der Waals surface area contributed by atoms with E-state index in [1.54, 1.807) is 23.2 Å². The molecule has 1 aromatic carbocycles. The van der Waals surface area contributed by atoms with Crippen molar-refractivity contribution in [3.8, 4) is 0 Å². The molecule has 0 radical (unpaired) electrons. The van der Waals surface area contributed by atoms with Crippen molar-refractivity contribution < 1.29 is 9.59 Å². The molecule has 2 amide bonds. The minimum Gasteiger partial charge on any atom is -0.339 e. The number of pyridine rings is 1. The smallest absolute Gasteiger partial charge is 0.246 e. The van der Waals surface area contributed by atoms with Crippen LogP contribution in [-0.2, 0) is 9.59 Å². The van der Waals surface area contributed by atoms with Crippen LogP contribution in [0.15, 0.2) is 53.1 Å². The topological polar surface area (TPSA) is 62.3 Å². The molecular formula is C23H26BrN3O2. The first-order valence-corrected chi connectivity index (χ1v) is 10.7. The number of anilines is 1. The van der Waals surface area contributed by atoms with Crippen LogP contribution in [0, 0.1) is 5.92 Å². The lowest BCUT2D eigenvalue weighted by Gasteiger charge is -2.30. The lowest BCUT2D eigenvalue weighted by molar-refractivity contribution is -0.130. The number of halogens is 1. The Morgan fingerprint density at radius 2 is 1.83 bits per heavy atom. The number of benzene rings is 1. The van der Waals surface area contributed by atoms with Crippen molar-refractivity contribution in [2.24, 2.45) is 5.92 Å². The Labute approximate surface area is 180 Å². The summed E-state index contributed by atoms with van der Waals surface area (Å²) in [5.41, 5.74) is 2.30. The van der Waals surface area contributed by atoms with E-state index in [0.29, 0.717) is 37.7 Å². The summed E-state index contributed by atoms with van der Waals surface area (Å²) >= 11 is 3.33. The van der Waals surface area contributed by atoms with Crippen molar-refractivity contribution in [3.05, 3.63) is 64.3 Å². The van der Waals surface area contributed by atoms with Crippen molar-refractivity contribution in [2.75, 3.05) is 18.4 Å². The van der Waals surface area contributed by atoms with Gasteiger partial charge in [-0.2, -0.15) is 0 Å². The maximum Gasteiger partial charge on any atom is 0.246 e. The maximum atomic E-state index is 12.5. The number of piperidine rings is 1. The molecule has 1 fully saturated rings. The number of carbonyl (C=O) groups is 2. The molecule has 0 aliphatic carbocycles. The van der Waals surface area contributed by atoms with Gasteiger partial charge >= 0.3 is 0 Å². The molecule has 1 saturated heterocycles. The number of hydrogen-bond acceptors (Lipinski definition) is 3. The third-order valence-corrected chi connectivity index (χ3v) is 5.65. The fourth-order valence-electron chi connectivity index (χ4n) is 3.31. The molecule has 1 aliphatic rings. The Hall–Kier alpha value is -2.47. The number of amides is 2. The zero-order valence-corrected chi connectivity index (χ0v) is 18.4. The van der Waals surface area contributed by atoms with Crippen LogP contribution in [0.5, 0.6) is 0 Å². The Morgan fingerprint density at radius 1 is 1.14 bits per heavy atom. The number of hydrogen-bond donors (Lipinski definition) is 1. The van der Waals surface area contributed by atoms with Gasteiger partial charge in [0.2, 0.25) is 11.8 Å². The summed E-state index contributed by atoms with van der Waals surface area (Å²) in [4.78, 5) is 30.9. The highest BCUT2D eigenvalue weighted by Crippen LogP contribution is 2.20. The van der Waals surface area contributed by atoms with Crippen LogP contribution in [0.3, 0.4) is 0 Å². The van der Waals surface area contributed by atoms with Gasteiger partial charge < -0.3 is 10.2 Å². The second-order valence-electron chi connectivity index (χ2n) is 7.61. The van der Waals surface area contributed by atoms with Gasteiger partial charge in [0.15, 0.2) is 0 Å². The van der Waals surface area contributed by atoms with Gasteiger partial charge in [-0.3, -0.25) is 9.59 Å². The number of nitrogens with zero attached hydrogens (tertiary/aromatic N) is 2. The molecule has 2 heterocycles. The van der Waals surface area contributed by atoms with E-state index in [9.17, 15) is 9.59 Å². The fourth-order valence-corrected chi connectivity index (χ4v) is 3.54. The summed E-state index contributed by atoms with van der Waals surface area (Å²) in [6, 6.07) is 11.9. The molecular weight excluding hydrogens is 430 g/mol. The van der Waals surface area contributed by atoms with E-state index in [4.69, 9.17) is 0 Å². The predicted molar refractivity (Wildman–Crippen MR) is 119 cm³/mol. The highest BCUT2D eigenvalue weighted by molar-refractivity contribution is 9.10. The molecule has 6 heteroatoms. The van der Waals surface area contributed by atoms with E-state index in [-0.39, 0.29) is 17.7 Å². The lowest BCUT2D eigenvalue weighted by Crippen LogP contribution is -2.40. The van der Waals surface area contributed by atoms with Crippen molar-refractivity contribution in [1.29, 1.82) is 0 Å². The first-order valence-electron chi connectivity index (χ1n) is 9.92. The molecule has 1 aliphatic heterocycles. The molecule has 29 heavy (non-hydrogen) atoms. The predicted octanol–water partition coefficient (Wildman–Crippen LogP) is 4.86. The molecule has 0 bridgehead atoms. The lowest BCUT2D eigenvalue weighted by atomic mass is 9.96. The molecule has 0 spiro atoms. The van der Waals surface area contributed by atoms with E-state index < -0.39 is 0 Å². The van der Waals surface area contributed by atoms with Crippen LogP contribution in [0.4, 0.5) is 5.82 Å². The Bertz CT molecular complexity index is 868. The van der Waals surface area contributed by atoms with Crippen LogP contribution in [-0.4, -0.2) is 34.8 Å². The number of aromatic nitrogens is 1. The van der Waals surface area contributed by atoms with Crippen LogP contribution in [0.25, 0.3) is 6.08 Å². The van der Waals surface area contributed by atoms with Crippen molar-refractivity contribution in [1.82, 2.24) is 9.88 Å². The summed E-state index contributed by atoms with van der Waals surface area (Å²) in [6.45, 7) is 5.49. The van der Waals surface area contributed by atoms with Crippen molar-refractivity contribution in [3.63, 3.8) is 0 Å². The molecule has 0 atom stereocenters. The van der Waals surface area contributed by atoms with Gasteiger partial charge in [-0.05, 0) is 64.0 Å². The van der Waals surface area contributed by atoms with Gasteiger partial charge in [0.05, 0.1) is 0 Å². The zero-order valence-electron chi connectivity index (χ0n) is 16.8. The molecule has 1 N–H and O–H groups in total. The van der Waals surface area contributed by atoms with Gasteiger partial charge in [0, 0.05) is 35.8 Å². The average molecular weight is 456 g/mol. The van der Waals surface area contributed by atoms with Gasteiger partial charge in [-0.15, -0.1) is 0 Å². The van der Waals surface area contributed by atoms with Crippen molar-refractivity contribution >= 4 is 39.6 Å². The summed E-state index contributed by atoms with van der Waals surface area (Å²) in [5.74, 6) is 0.895. The number of nitrogens with one attached hydrogen (secondary N) is 1. The number of rotatable bonds is 5. The highest BCUT2D eigenvalue weighted by atomic mass is 79.9. The SMILES string of the molecule is CC(C)c1ccc(/C=C/C(=O)N2CCC(C(=O)Nc3ccc(Br)cn3)CC2)cc1. The normalized spacial score (nSPS) is 15.1. The second-order valence-corrected chi connectivity index (χ2v) is 8.52. The summed E-state index contributed by atoms with van der Waals surface area (Å²) in [5, 5.41) is 2.85. The summed E-state index contributed by atoms with van der Waals surface area (Å²) in [7, 11) is 0. The standard InChI is InChI=1S/C23H26BrN3O2/c1-16(2)18-6-3-17(4-7-18)5-10-22(28)27-13-11-19(12-14-27)23(29)26-21-9-8-20(24)15-25-21/h3-10,15-16,19H,11-14H2,1-2H3,(H,25,26,29)/b10-5+. The van der Waals surface area contributed by atoms with E-state index in [1.807, 2.05) is 24.3 Å². The van der Waals surface area contributed by atoms with E-state index in [0.717, 1.165) is 10.0 Å². The van der Waals surface area contributed by atoms with Gasteiger partial charge in [0.25, 0.3) is 0 Å². The highest BCUT2D eigenvalue weighted by Gasteiger charge is 2.26. The average Bonchev–Trinajstić information content (AvgIpc) is 2.74. The Kier molecular flexibility index (Phi) is 7.20. The quantitative estimate of drug-likeness (QED) is 0.654. The molecule has 0 saturated carbocycles. The summed E-state index contributed by atoms with van der Waals surface area (Å²) < 4.78 is 0.867. The van der Waals surface area contributed by atoms with Crippen LogP contribution < -0.4 is 5.32 Å². The monoisotopic (exact) mass is 455 g/mol. The maximum absolute atomic E-state index is 12.5. The van der Waals surface area contributed by atoms with Crippen molar-refractivity contribution in [2.45, 2.75) is 32.6 Å². The molecule has 0 unspecified atom stereocenters. The van der Waals surface area contributed by atoms with E-state index >= 15 is 0 Å². The minimum atomic E-state index is -0.0999. The zero-order chi connectivity index (χ0) is 20.8. The van der Waals surface area contributed by atoms with E-state index in [2.05, 4.69) is 52.2 Å². The van der Waals surface area contributed by atoms with Gasteiger partial charge in [-0.25, -0.2) is 4.98 Å². The molecule has 1 aromatic heterocycles. The van der Waals surface area contributed by atoms with Gasteiger partial charge in [-0.1, -0.05) is 38.1 Å². The Balaban J connectivity index is 1.48. The second kappa shape index (κ2) is 9.83. The van der Waals surface area contributed by atoms with Gasteiger partial charge in [0.1, 0.15) is 5.82 Å². The fraction of sp³-hybridized carbons (Fsp3) is 0.348. The van der Waals surface area contributed by atoms with Crippen LogP contribution in [0.1, 0.15) is 43.7 Å². The summed E-state index contributed by atoms with van der Waals surface area (Å²) in [6.07, 6.45) is 6.44. The van der Waals surface area contributed by atoms with Crippen LogP contribution >= 0.6 is 15.9 Å². The number of carbonyl (C=O) groups excluding carboxylic acids is 2. The van der Waals surface area contributed by atoms with E-state index in [1.165, 1.54) is 5.56 Å². The molecule has 5 nitrogen and oxygen atoms in total. The third kappa shape index (κ3) is 6.00. The first-order chi connectivity index (χ1) is 13.9. The first kappa shape index (κ1) is 21.2. The molecule has 152 valence electrons. The molecule has 2 aromatic rings. The Morgan fingerprint density at radius 3 is 2.41 bits per heavy atom. The molecule has 3 rings (SSSR count). The number of likely N-dealkylation sites (tertiary alicyclic amines) is 1. The largest absolute Gasteiger partial charge is 0.339 e. The minimum absolute atomic E-state index is 0.00799. The van der Waals surface area contributed by atoms with Crippen LogP contribution in [0.2, 0.25) is 0 Å².